The van der Waals surface area contributed by atoms with Crippen LogP contribution in [0.1, 0.15) is 49.8 Å². The highest BCUT2D eigenvalue weighted by Gasteiger charge is 2.22. The van der Waals surface area contributed by atoms with Crippen molar-refractivity contribution in [1.29, 1.82) is 0 Å². The van der Waals surface area contributed by atoms with Crippen LogP contribution in [0, 0.1) is 13.8 Å². The van der Waals surface area contributed by atoms with E-state index in [0.29, 0.717) is 11.9 Å². The number of hydrogen-bond donors (Lipinski definition) is 2. The van der Waals surface area contributed by atoms with Crippen LogP contribution in [0.2, 0.25) is 0 Å². The molecule has 2 atom stereocenters. The highest BCUT2D eigenvalue weighted by molar-refractivity contribution is 5.20. The summed E-state index contributed by atoms with van der Waals surface area (Å²) in [7, 11) is 0. The molecule has 0 bridgehead atoms. The van der Waals surface area contributed by atoms with Crippen LogP contribution in [0.4, 0.5) is 0 Å². The lowest BCUT2D eigenvalue weighted by Crippen LogP contribution is -2.47. The van der Waals surface area contributed by atoms with Crippen LogP contribution in [-0.2, 0) is 0 Å². The Hall–Kier alpha value is -1.20. The maximum absolute atomic E-state index is 12.1. The fraction of sp³-hybridized carbons (Fsp3) is 0.733. The maximum Gasteiger partial charge on any atom is 0.255 e. The largest absolute Gasteiger partial charge is 0.310 e. The summed E-state index contributed by atoms with van der Waals surface area (Å²) in [5, 5.41) is 3.60. The molecule has 1 aliphatic rings. The maximum atomic E-state index is 12.1. The average molecular weight is 278 g/mol. The third kappa shape index (κ3) is 3.46. The lowest BCUT2D eigenvalue weighted by molar-refractivity contribution is 0.192. The number of hydrogen-bond acceptors (Lipinski definition) is 4. The van der Waals surface area contributed by atoms with Crippen LogP contribution < -0.4 is 10.9 Å². The minimum absolute atomic E-state index is 0.0156. The van der Waals surface area contributed by atoms with Gasteiger partial charge in [0.1, 0.15) is 5.82 Å². The molecule has 2 unspecified atom stereocenters. The van der Waals surface area contributed by atoms with Crippen LogP contribution in [0.3, 0.4) is 0 Å². The van der Waals surface area contributed by atoms with Crippen LogP contribution in [0.15, 0.2) is 4.79 Å². The summed E-state index contributed by atoms with van der Waals surface area (Å²) in [6, 6.07) is 0.493. The van der Waals surface area contributed by atoms with E-state index < -0.39 is 0 Å². The summed E-state index contributed by atoms with van der Waals surface area (Å²) in [5.74, 6) is 0.679. The van der Waals surface area contributed by atoms with Crippen molar-refractivity contribution >= 4 is 0 Å². The number of rotatable bonds is 4. The smallest absolute Gasteiger partial charge is 0.255 e. The van der Waals surface area contributed by atoms with E-state index in [1.165, 1.54) is 19.4 Å². The third-order valence-corrected chi connectivity index (χ3v) is 4.14. The number of nitrogens with zero attached hydrogens (tertiary/aromatic N) is 2. The lowest BCUT2D eigenvalue weighted by atomic mass is 10.0. The van der Waals surface area contributed by atoms with Gasteiger partial charge < -0.3 is 15.2 Å². The monoisotopic (exact) mass is 278 g/mol. The van der Waals surface area contributed by atoms with Gasteiger partial charge in [0.2, 0.25) is 0 Å². The van der Waals surface area contributed by atoms with Crippen LogP contribution >= 0.6 is 0 Å². The van der Waals surface area contributed by atoms with Gasteiger partial charge in [0.15, 0.2) is 0 Å². The van der Waals surface area contributed by atoms with E-state index in [1.807, 2.05) is 13.8 Å². The molecule has 1 aromatic rings. The Morgan fingerprint density at radius 3 is 2.90 bits per heavy atom. The minimum atomic E-state index is -0.0156. The number of likely N-dealkylation sites (N-methyl/N-ethyl adjacent to an activating group) is 1. The number of aromatic amines is 1. The zero-order valence-electron chi connectivity index (χ0n) is 13.0. The summed E-state index contributed by atoms with van der Waals surface area (Å²) in [4.78, 5) is 21.7. The van der Waals surface area contributed by atoms with Crippen molar-refractivity contribution in [3.05, 3.63) is 27.4 Å². The Morgan fingerprint density at radius 1 is 1.50 bits per heavy atom. The molecule has 5 nitrogen and oxygen atoms in total. The second kappa shape index (κ2) is 6.50. The quantitative estimate of drug-likeness (QED) is 0.876. The van der Waals surface area contributed by atoms with Gasteiger partial charge in [0, 0.05) is 24.3 Å². The number of nitrogens with one attached hydrogen (secondary N) is 2. The molecule has 1 aromatic heterocycles. The van der Waals surface area contributed by atoms with E-state index >= 15 is 0 Å². The topological polar surface area (TPSA) is 61.0 Å². The van der Waals surface area contributed by atoms with E-state index in [-0.39, 0.29) is 11.6 Å². The molecule has 1 aliphatic heterocycles. The number of H-pyrrole nitrogens is 1. The first-order valence-electron chi connectivity index (χ1n) is 7.57. The van der Waals surface area contributed by atoms with Gasteiger partial charge in [-0.05, 0) is 46.7 Å². The second-order valence-corrected chi connectivity index (χ2v) is 5.77. The SMILES string of the molecule is CCN1CCCC(NC(C)c2c(C)nc(C)[nH]c2=O)C1. The summed E-state index contributed by atoms with van der Waals surface area (Å²) >= 11 is 0. The predicted octanol–water partition coefficient (Wildman–Crippen LogP) is 1.52. The average Bonchev–Trinajstić information content (AvgIpc) is 2.37. The molecule has 20 heavy (non-hydrogen) atoms. The van der Waals surface area contributed by atoms with Gasteiger partial charge in [0.25, 0.3) is 5.56 Å². The van der Waals surface area contributed by atoms with Crippen molar-refractivity contribution in [3.8, 4) is 0 Å². The first-order chi connectivity index (χ1) is 9.51. The van der Waals surface area contributed by atoms with Crippen LogP contribution in [0.25, 0.3) is 0 Å². The fourth-order valence-corrected chi connectivity index (χ4v) is 3.16. The van der Waals surface area contributed by atoms with Gasteiger partial charge in [-0.2, -0.15) is 0 Å². The molecular weight excluding hydrogens is 252 g/mol. The molecule has 1 saturated heterocycles. The van der Waals surface area contributed by atoms with E-state index in [9.17, 15) is 4.79 Å². The zero-order valence-corrected chi connectivity index (χ0v) is 13.0. The zero-order chi connectivity index (χ0) is 14.7. The highest BCUT2D eigenvalue weighted by Crippen LogP contribution is 2.16. The number of piperidine rings is 1. The number of aryl methyl sites for hydroxylation is 2. The standard InChI is InChI=1S/C15H26N4O/c1-5-19-8-6-7-13(9-19)17-11(3)14-10(2)16-12(4)18-15(14)20/h11,13,17H,5-9H2,1-4H3,(H,16,18,20). The Morgan fingerprint density at radius 2 is 2.25 bits per heavy atom. The Kier molecular flexibility index (Phi) is 4.94. The van der Waals surface area contributed by atoms with E-state index in [1.54, 1.807) is 0 Å². The van der Waals surface area contributed by atoms with Crippen molar-refractivity contribution < 1.29 is 0 Å². The van der Waals surface area contributed by atoms with Gasteiger partial charge in [0.05, 0.1) is 5.56 Å². The summed E-state index contributed by atoms with van der Waals surface area (Å²) in [5.41, 5.74) is 1.58. The Balaban J connectivity index is 2.08. The van der Waals surface area contributed by atoms with Crippen molar-refractivity contribution in [2.45, 2.75) is 52.6 Å². The fourth-order valence-electron chi connectivity index (χ4n) is 3.16. The van der Waals surface area contributed by atoms with Crippen molar-refractivity contribution in [2.24, 2.45) is 0 Å². The third-order valence-electron chi connectivity index (χ3n) is 4.14. The van der Waals surface area contributed by atoms with Gasteiger partial charge in [-0.3, -0.25) is 4.79 Å². The first kappa shape index (κ1) is 15.2. The van der Waals surface area contributed by atoms with Crippen LogP contribution in [0.5, 0.6) is 0 Å². The molecule has 5 heteroatoms. The predicted molar refractivity (Wildman–Crippen MR) is 81.0 cm³/mol. The molecule has 1 fully saturated rings. The Bertz CT molecular complexity index is 511. The Labute approximate surface area is 120 Å². The molecule has 0 amide bonds. The van der Waals surface area contributed by atoms with E-state index in [0.717, 1.165) is 24.3 Å². The van der Waals surface area contributed by atoms with Gasteiger partial charge in [-0.25, -0.2) is 4.98 Å². The van der Waals surface area contributed by atoms with Gasteiger partial charge in [-0.15, -0.1) is 0 Å². The molecule has 0 saturated carbocycles. The summed E-state index contributed by atoms with van der Waals surface area (Å²) in [6.07, 6.45) is 2.40. The van der Waals surface area contributed by atoms with Crippen molar-refractivity contribution in [2.75, 3.05) is 19.6 Å². The molecule has 112 valence electrons. The van der Waals surface area contributed by atoms with E-state index in [4.69, 9.17) is 0 Å². The molecular formula is C15H26N4O. The van der Waals surface area contributed by atoms with Crippen LogP contribution in [-0.4, -0.2) is 40.5 Å². The first-order valence-corrected chi connectivity index (χ1v) is 7.57. The summed E-state index contributed by atoms with van der Waals surface area (Å²) < 4.78 is 0. The molecule has 2 N–H and O–H groups in total. The summed E-state index contributed by atoms with van der Waals surface area (Å²) in [6.45, 7) is 11.3. The molecule has 0 radical (unpaired) electrons. The number of likely N-dealkylation sites (tertiary alicyclic amines) is 1. The number of aromatic nitrogens is 2. The minimum Gasteiger partial charge on any atom is -0.310 e. The molecule has 0 spiro atoms. The second-order valence-electron chi connectivity index (χ2n) is 5.77. The molecule has 0 aromatic carbocycles. The van der Waals surface area contributed by atoms with Gasteiger partial charge in [-0.1, -0.05) is 6.92 Å². The molecule has 2 heterocycles. The highest BCUT2D eigenvalue weighted by atomic mass is 16.1. The molecule has 2 rings (SSSR count). The van der Waals surface area contributed by atoms with Crippen molar-refractivity contribution in [3.63, 3.8) is 0 Å². The van der Waals surface area contributed by atoms with E-state index in [2.05, 4.69) is 34.0 Å². The normalized spacial score (nSPS) is 21.9. The molecule has 0 aliphatic carbocycles. The van der Waals surface area contributed by atoms with Crippen molar-refractivity contribution in [1.82, 2.24) is 20.2 Å². The van der Waals surface area contributed by atoms with Gasteiger partial charge >= 0.3 is 0 Å². The lowest BCUT2D eigenvalue weighted by Gasteiger charge is -2.34.